The van der Waals surface area contributed by atoms with Crippen LogP contribution in [-0.2, 0) is 10.8 Å². The molecule has 0 aliphatic heterocycles. The molecule has 8 saturated carbocycles. The first-order valence-electron chi connectivity index (χ1n) is 16.8. The number of rotatable bonds is 7. The Hall–Kier alpha value is -3.68. The van der Waals surface area contributed by atoms with E-state index in [-0.39, 0.29) is 43.9 Å². The van der Waals surface area contributed by atoms with Crippen LogP contribution in [0.1, 0.15) is 143 Å². The fourth-order valence-corrected chi connectivity index (χ4v) is 14.5. The summed E-state index contributed by atoms with van der Waals surface area (Å²) >= 11 is 0. The zero-order valence-corrected chi connectivity index (χ0v) is 26.5. The summed E-state index contributed by atoms with van der Waals surface area (Å²) in [5.74, 6) is -3.98. The Balaban J connectivity index is 1.31. The molecule has 8 aliphatic carbocycles. The first-order valence-corrected chi connectivity index (χ1v) is 16.8. The molecule has 0 spiro atoms. The lowest BCUT2D eigenvalue weighted by atomic mass is 9.27. The van der Waals surface area contributed by atoms with Crippen molar-refractivity contribution in [1.82, 2.24) is 0 Å². The minimum Gasteiger partial charge on any atom is -0.478 e. The lowest BCUT2D eigenvalue weighted by Crippen LogP contribution is -2.69. The van der Waals surface area contributed by atoms with Crippen molar-refractivity contribution in [3.8, 4) is 0 Å². The Morgan fingerprint density at radius 2 is 1.00 bits per heavy atom. The second kappa shape index (κ2) is 9.02. The summed E-state index contributed by atoms with van der Waals surface area (Å²) in [7, 11) is 0. The molecule has 4 N–H and O–H groups in total. The van der Waals surface area contributed by atoms with Gasteiger partial charge in [0.05, 0.1) is 22.3 Å². The monoisotopic (exact) mass is 626 g/mol. The molecule has 8 bridgehead atoms. The first-order chi connectivity index (χ1) is 21.6. The molecule has 8 aliphatic rings. The van der Waals surface area contributed by atoms with Crippen LogP contribution in [0.4, 0.5) is 0 Å². The van der Waals surface area contributed by atoms with Gasteiger partial charge in [-0.2, -0.15) is 0 Å². The standard InChI is InChI=1S/C38H42O8/c1-33-14-34(2)16-36(15-33,26-8-4-6-24(30(41)42)28(26)32(45)46)20-38(17-33,18-34)37-12-21-9-22(13-37)11-35(10-21,19-37)25-7-3-5-23(29(39)40)27(25)31(43)44/h3-8,21-22H,9-20H2,1-2H3,(H,39,40)(H,41,42)(H,43,44)(H,45,46). The molecule has 242 valence electrons. The van der Waals surface area contributed by atoms with Crippen molar-refractivity contribution < 1.29 is 39.6 Å². The maximum absolute atomic E-state index is 12.8. The Labute approximate surface area is 268 Å². The highest BCUT2D eigenvalue weighted by Crippen LogP contribution is 2.82. The topological polar surface area (TPSA) is 149 Å². The molecule has 8 heteroatoms. The van der Waals surface area contributed by atoms with Gasteiger partial charge in [-0.15, -0.1) is 0 Å². The average molecular weight is 627 g/mol. The van der Waals surface area contributed by atoms with E-state index in [0.29, 0.717) is 23.0 Å². The van der Waals surface area contributed by atoms with E-state index >= 15 is 0 Å². The van der Waals surface area contributed by atoms with Gasteiger partial charge in [0.25, 0.3) is 0 Å². The van der Waals surface area contributed by atoms with Gasteiger partial charge in [-0.3, -0.25) is 0 Å². The molecule has 0 aromatic heterocycles. The van der Waals surface area contributed by atoms with Gasteiger partial charge >= 0.3 is 23.9 Å². The molecule has 2 aromatic rings. The summed E-state index contributed by atoms with van der Waals surface area (Å²) in [6, 6.07) is 9.98. The number of hydrogen-bond donors (Lipinski definition) is 4. The smallest absolute Gasteiger partial charge is 0.336 e. The van der Waals surface area contributed by atoms with E-state index in [4.69, 9.17) is 0 Å². The van der Waals surface area contributed by atoms with Crippen molar-refractivity contribution in [3.63, 3.8) is 0 Å². The van der Waals surface area contributed by atoms with Crippen LogP contribution >= 0.6 is 0 Å². The van der Waals surface area contributed by atoms with Crippen LogP contribution in [0.5, 0.6) is 0 Å². The van der Waals surface area contributed by atoms with Gasteiger partial charge in [0, 0.05) is 0 Å². The van der Waals surface area contributed by atoms with Crippen LogP contribution in [0.25, 0.3) is 0 Å². The number of aromatic carboxylic acids is 4. The minimum absolute atomic E-state index is 0.0373. The maximum Gasteiger partial charge on any atom is 0.336 e. The van der Waals surface area contributed by atoms with E-state index in [1.165, 1.54) is 12.1 Å². The zero-order chi connectivity index (χ0) is 32.7. The third-order valence-electron chi connectivity index (χ3n) is 13.9. The van der Waals surface area contributed by atoms with Crippen molar-refractivity contribution in [1.29, 1.82) is 0 Å². The van der Waals surface area contributed by atoms with Gasteiger partial charge in [0.2, 0.25) is 0 Å². The SMILES string of the molecule is CC12CC3(C)CC(c4cccc(C(=O)O)c4C(=O)O)(C1)CC(C14CC5CC(CC(c6cccc(C(=O)O)c6C(=O)O)(C5)C1)C4)(C2)C3. The molecule has 2 aromatic carbocycles. The molecule has 8 nitrogen and oxygen atoms in total. The molecule has 0 saturated heterocycles. The van der Waals surface area contributed by atoms with Gasteiger partial charge in [-0.1, -0.05) is 38.1 Å². The summed E-state index contributed by atoms with van der Waals surface area (Å²) in [4.78, 5) is 50.1. The number of carbonyl (C=O) groups is 4. The molecule has 0 amide bonds. The molecule has 10 rings (SSSR count). The van der Waals surface area contributed by atoms with E-state index in [1.807, 2.05) is 12.1 Å². The Morgan fingerprint density at radius 3 is 1.46 bits per heavy atom. The van der Waals surface area contributed by atoms with Crippen molar-refractivity contribution in [2.75, 3.05) is 0 Å². The lowest BCUT2D eigenvalue weighted by molar-refractivity contribution is -0.250. The van der Waals surface area contributed by atoms with E-state index in [2.05, 4.69) is 13.8 Å². The van der Waals surface area contributed by atoms with E-state index in [9.17, 15) is 39.6 Å². The number of hydrogen-bond acceptors (Lipinski definition) is 4. The van der Waals surface area contributed by atoms with Crippen molar-refractivity contribution in [2.45, 2.75) is 102 Å². The lowest BCUT2D eigenvalue weighted by Gasteiger charge is -2.77. The summed E-state index contributed by atoms with van der Waals surface area (Å²) in [5.41, 5.74) is -0.259. The molecule has 8 fully saturated rings. The highest BCUT2D eigenvalue weighted by molar-refractivity contribution is 6.04. The second-order valence-corrected chi connectivity index (χ2v) is 17.4. The maximum atomic E-state index is 12.8. The molecular formula is C38H42O8. The summed E-state index contributed by atoms with van der Waals surface area (Å²) in [5, 5.41) is 40.9. The fraction of sp³-hybridized carbons (Fsp3) is 0.579. The fourth-order valence-electron chi connectivity index (χ4n) is 14.5. The van der Waals surface area contributed by atoms with E-state index < -0.39 is 34.7 Å². The minimum atomic E-state index is -1.23. The third-order valence-corrected chi connectivity index (χ3v) is 13.9. The van der Waals surface area contributed by atoms with Gasteiger partial charge < -0.3 is 20.4 Å². The normalized spacial score (nSPS) is 41.4. The van der Waals surface area contributed by atoms with E-state index in [0.717, 1.165) is 77.0 Å². The van der Waals surface area contributed by atoms with Gasteiger partial charge in [-0.05, 0) is 145 Å². The van der Waals surface area contributed by atoms with Gasteiger partial charge in [-0.25, -0.2) is 19.2 Å². The van der Waals surface area contributed by atoms with Crippen LogP contribution in [0.2, 0.25) is 0 Å². The van der Waals surface area contributed by atoms with Crippen molar-refractivity contribution >= 4 is 23.9 Å². The average Bonchev–Trinajstić information content (AvgIpc) is 2.93. The van der Waals surface area contributed by atoms with E-state index in [1.54, 1.807) is 12.1 Å². The van der Waals surface area contributed by atoms with Crippen molar-refractivity contribution in [2.24, 2.45) is 33.5 Å². The van der Waals surface area contributed by atoms with Crippen LogP contribution in [0.3, 0.4) is 0 Å². The molecule has 4 unspecified atom stereocenters. The molecule has 46 heavy (non-hydrogen) atoms. The van der Waals surface area contributed by atoms with Crippen LogP contribution in [-0.4, -0.2) is 44.3 Å². The molecule has 0 radical (unpaired) electrons. The summed E-state index contributed by atoms with van der Waals surface area (Å²) < 4.78 is 0. The third kappa shape index (κ3) is 3.85. The van der Waals surface area contributed by atoms with Gasteiger partial charge in [0.15, 0.2) is 0 Å². The highest BCUT2D eigenvalue weighted by Gasteiger charge is 2.74. The van der Waals surface area contributed by atoms with Gasteiger partial charge in [0.1, 0.15) is 0 Å². The van der Waals surface area contributed by atoms with Crippen molar-refractivity contribution in [3.05, 3.63) is 69.8 Å². The first kappa shape index (κ1) is 29.7. The Morgan fingerprint density at radius 1 is 0.543 bits per heavy atom. The number of carboxylic acid groups (broad SMARTS) is 4. The number of benzene rings is 2. The Bertz CT molecular complexity index is 1720. The molecule has 0 heterocycles. The number of carboxylic acids is 4. The zero-order valence-electron chi connectivity index (χ0n) is 26.5. The second-order valence-electron chi connectivity index (χ2n) is 17.4. The summed E-state index contributed by atoms with van der Waals surface area (Å²) in [6.45, 7) is 4.73. The van der Waals surface area contributed by atoms with Crippen LogP contribution in [0.15, 0.2) is 36.4 Å². The Kier molecular flexibility index (Phi) is 5.82. The predicted molar refractivity (Wildman–Crippen MR) is 168 cm³/mol. The molecule has 4 atom stereocenters. The highest BCUT2D eigenvalue weighted by atomic mass is 16.4. The van der Waals surface area contributed by atoms with Crippen LogP contribution < -0.4 is 0 Å². The largest absolute Gasteiger partial charge is 0.478 e. The predicted octanol–water partition coefficient (Wildman–Crippen LogP) is 7.64. The quantitative estimate of drug-likeness (QED) is 0.245. The molecular weight excluding hydrogens is 584 g/mol. The van der Waals surface area contributed by atoms with Crippen LogP contribution in [0, 0.1) is 33.5 Å². The summed E-state index contributed by atoms with van der Waals surface area (Å²) in [6.07, 6.45) is 11.4.